The van der Waals surface area contributed by atoms with Crippen LogP contribution < -0.4 is 10.6 Å². The van der Waals surface area contributed by atoms with E-state index in [2.05, 4.69) is 10.6 Å². The van der Waals surface area contributed by atoms with E-state index < -0.39 is 11.8 Å². The number of carbonyl (C=O) groups is 3. The molecule has 3 amide bonds. The molecule has 0 saturated heterocycles. The fourth-order valence-electron chi connectivity index (χ4n) is 1.76. The van der Waals surface area contributed by atoms with Crippen LogP contribution in [0.1, 0.15) is 34.6 Å². The first-order chi connectivity index (χ1) is 9.23. The van der Waals surface area contributed by atoms with Gasteiger partial charge in [-0.1, -0.05) is 27.7 Å². The quantitative estimate of drug-likeness (QED) is 0.524. The third kappa shape index (κ3) is 8.50. The molecule has 0 spiro atoms. The van der Waals surface area contributed by atoms with Crippen LogP contribution in [-0.4, -0.2) is 48.8 Å². The topological polar surface area (TPSA) is 78.5 Å². The maximum Gasteiger partial charge on any atom is 0.311 e. The van der Waals surface area contributed by atoms with Gasteiger partial charge in [0.1, 0.15) is 0 Å². The lowest BCUT2D eigenvalue weighted by Crippen LogP contribution is -2.47. The smallest absolute Gasteiger partial charge is 0.311 e. The van der Waals surface area contributed by atoms with E-state index in [1.807, 2.05) is 27.7 Å². The molecular formula is C14H27N3O3. The van der Waals surface area contributed by atoms with Crippen molar-refractivity contribution < 1.29 is 14.4 Å². The van der Waals surface area contributed by atoms with Crippen LogP contribution in [0.25, 0.3) is 0 Å². The van der Waals surface area contributed by atoms with Crippen LogP contribution in [0.4, 0.5) is 0 Å². The summed E-state index contributed by atoms with van der Waals surface area (Å²) < 4.78 is 0. The van der Waals surface area contributed by atoms with Crippen molar-refractivity contribution in [1.82, 2.24) is 15.5 Å². The first-order valence-corrected chi connectivity index (χ1v) is 7.05. The van der Waals surface area contributed by atoms with Crippen LogP contribution in [0.5, 0.6) is 0 Å². The Labute approximate surface area is 121 Å². The van der Waals surface area contributed by atoms with Crippen molar-refractivity contribution in [3.8, 4) is 0 Å². The summed E-state index contributed by atoms with van der Waals surface area (Å²) in [6.45, 7) is 11.1. The largest absolute Gasteiger partial charge is 0.355 e. The van der Waals surface area contributed by atoms with E-state index in [4.69, 9.17) is 0 Å². The second-order valence-corrected chi connectivity index (χ2v) is 5.74. The molecule has 0 rings (SSSR count). The van der Waals surface area contributed by atoms with Gasteiger partial charge in [0.05, 0.1) is 0 Å². The Morgan fingerprint density at radius 2 is 1.35 bits per heavy atom. The van der Waals surface area contributed by atoms with E-state index in [-0.39, 0.29) is 12.5 Å². The number of nitrogens with one attached hydrogen (secondary N) is 2. The predicted molar refractivity (Wildman–Crippen MR) is 77.9 cm³/mol. The number of amides is 3. The number of hydrogen-bond acceptors (Lipinski definition) is 3. The van der Waals surface area contributed by atoms with Gasteiger partial charge >= 0.3 is 11.8 Å². The van der Waals surface area contributed by atoms with Crippen molar-refractivity contribution in [2.24, 2.45) is 11.8 Å². The van der Waals surface area contributed by atoms with Gasteiger partial charge in [0.15, 0.2) is 0 Å². The number of hydrogen-bond donors (Lipinski definition) is 2. The zero-order chi connectivity index (χ0) is 15.7. The molecule has 0 aromatic rings. The van der Waals surface area contributed by atoms with Crippen LogP contribution in [0.3, 0.4) is 0 Å². The normalized spacial score (nSPS) is 10.6. The summed E-state index contributed by atoms with van der Waals surface area (Å²) in [6, 6.07) is 0. The molecule has 0 radical (unpaired) electrons. The van der Waals surface area contributed by atoms with Crippen molar-refractivity contribution in [2.75, 3.05) is 26.2 Å². The van der Waals surface area contributed by atoms with Crippen LogP contribution in [0.2, 0.25) is 0 Å². The molecule has 2 N–H and O–H groups in total. The molecule has 20 heavy (non-hydrogen) atoms. The van der Waals surface area contributed by atoms with Gasteiger partial charge in [0, 0.05) is 33.1 Å². The number of carbonyl (C=O) groups excluding carboxylic acids is 3. The molecule has 0 saturated carbocycles. The second kappa shape index (κ2) is 9.34. The molecule has 6 nitrogen and oxygen atoms in total. The van der Waals surface area contributed by atoms with Gasteiger partial charge in [0.2, 0.25) is 5.91 Å². The average molecular weight is 285 g/mol. The lowest BCUT2D eigenvalue weighted by molar-refractivity contribution is -0.146. The molecule has 0 aromatic heterocycles. The van der Waals surface area contributed by atoms with Crippen molar-refractivity contribution in [2.45, 2.75) is 34.6 Å². The van der Waals surface area contributed by atoms with Crippen LogP contribution in [0, 0.1) is 11.8 Å². The fourth-order valence-corrected chi connectivity index (χ4v) is 1.76. The Bertz CT molecular complexity index is 331. The van der Waals surface area contributed by atoms with E-state index in [1.165, 1.54) is 6.92 Å². The molecular weight excluding hydrogens is 258 g/mol. The van der Waals surface area contributed by atoms with Crippen LogP contribution in [0.15, 0.2) is 0 Å². The standard InChI is InChI=1S/C14H27N3O3/c1-10(2)8-17(9-11(3)4)14(20)13(19)16-7-6-15-12(5)18/h10-11H,6-9H2,1-5H3,(H,15,18)(H,16,19). The second-order valence-electron chi connectivity index (χ2n) is 5.74. The minimum absolute atomic E-state index is 0.160. The van der Waals surface area contributed by atoms with Crippen molar-refractivity contribution in [3.05, 3.63) is 0 Å². The maximum atomic E-state index is 12.1. The van der Waals surface area contributed by atoms with Crippen LogP contribution >= 0.6 is 0 Å². The molecule has 116 valence electrons. The molecule has 0 aliphatic rings. The van der Waals surface area contributed by atoms with Gasteiger partial charge in [-0.2, -0.15) is 0 Å². The van der Waals surface area contributed by atoms with Gasteiger partial charge < -0.3 is 15.5 Å². The lowest BCUT2D eigenvalue weighted by Gasteiger charge is -2.25. The summed E-state index contributed by atoms with van der Waals surface area (Å²) in [7, 11) is 0. The van der Waals surface area contributed by atoms with Crippen molar-refractivity contribution in [3.63, 3.8) is 0 Å². The Morgan fingerprint density at radius 1 is 0.900 bits per heavy atom. The van der Waals surface area contributed by atoms with E-state index in [0.29, 0.717) is 31.5 Å². The van der Waals surface area contributed by atoms with Crippen molar-refractivity contribution in [1.29, 1.82) is 0 Å². The van der Waals surface area contributed by atoms with Gasteiger partial charge in [-0.15, -0.1) is 0 Å². The molecule has 0 atom stereocenters. The minimum atomic E-state index is -0.614. The van der Waals surface area contributed by atoms with E-state index in [0.717, 1.165) is 0 Å². The molecule has 0 unspecified atom stereocenters. The molecule has 0 aliphatic heterocycles. The summed E-state index contributed by atoms with van der Waals surface area (Å²) in [4.78, 5) is 36.1. The summed E-state index contributed by atoms with van der Waals surface area (Å²) in [5.41, 5.74) is 0. The van der Waals surface area contributed by atoms with Gasteiger partial charge in [0.25, 0.3) is 0 Å². The van der Waals surface area contributed by atoms with Gasteiger partial charge in [-0.05, 0) is 11.8 Å². The third-order valence-corrected chi connectivity index (χ3v) is 2.44. The zero-order valence-corrected chi connectivity index (χ0v) is 13.2. The first kappa shape index (κ1) is 18.4. The predicted octanol–water partition coefficient (Wildman–Crippen LogP) is 0.379. The van der Waals surface area contributed by atoms with Crippen LogP contribution in [-0.2, 0) is 14.4 Å². The van der Waals surface area contributed by atoms with E-state index in [9.17, 15) is 14.4 Å². The third-order valence-electron chi connectivity index (χ3n) is 2.44. The first-order valence-electron chi connectivity index (χ1n) is 7.05. The highest BCUT2D eigenvalue weighted by atomic mass is 16.2. The highest BCUT2D eigenvalue weighted by Crippen LogP contribution is 2.04. The highest BCUT2D eigenvalue weighted by Gasteiger charge is 2.22. The SMILES string of the molecule is CC(=O)NCCNC(=O)C(=O)N(CC(C)C)CC(C)C. The summed E-state index contributed by atoms with van der Waals surface area (Å²) in [5, 5.41) is 5.07. The monoisotopic (exact) mass is 285 g/mol. The van der Waals surface area contributed by atoms with E-state index in [1.54, 1.807) is 4.90 Å². The fraction of sp³-hybridized carbons (Fsp3) is 0.786. The van der Waals surface area contributed by atoms with Gasteiger partial charge in [-0.25, -0.2) is 0 Å². The Kier molecular flexibility index (Phi) is 8.59. The Hall–Kier alpha value is -1.59. The highest BCUT2D eigenvalue weighted by molar-refractivity contribution is 6.35. The lowest BCUT2D eigenvalue weighted by atomic mass is 10.1. The Morgan fingerprint density at radius 3 is 1.75 bits per heavy atom. The summed E-state index contributed by atoms with van der Waals surface area (Å²) in [5.74, 6) is -0.659. The molecule has 0 heterocycles. The number of rotatable bonds is 7. The molecule has 0 fully saturated rings. The summed E-state index contributed by atoms with van der Waals surface area (Å²) in [6.07, 6.45) is 0. The van der Waals surface area contributed by atoms with Gasteiger partial charge in [-0.3, -0.25) is 14.4 Å². The average Bonchev–Trinajstić information content (AvgIpc) is 2.31. The summed E-state index contributed by atoms with van der Waals surface area (Å²) >= 11 is 0. The number of nitrogens with zero attached hydrogens (tertiary/aromatic N) is 1. The molecule has 0 aliphatic carbocycles. The van der Waals surface area contributed by atoms with E-state index >= 15 is 0 Å². The van der Waals surface area contributed by atoms with Crippen molar-refractivity contribution >= 4 is 17.7 Å². The maximum absolute atomic E-state index is 12.1. The zero-order valence-electron chi connectivity index (χ0n) is 13.2. The molecule has 0 aromatic carbocycles. The molecule has 6 heteroatoms. The minimum Gasteiger partial charge on any atom is -0.355 e. The molecule has 0 bridgehead atoms. The Balaban J connectivity index is 4.33.